The van der Waals surface area contributed by atoms with E-state index in [1.807, 2.05) is 13.0 Å². The Hall–Kier alpha value is -3.22. The summed E-state index contributed by atoms with van der Waals surface area (Å²) < 4.78 is 0. The lowest BCUT2D eigenvalue weighted by Gasteiger charge is -2.15. The molecule has 2 heterocycles. The molecule has 1 aromatic heterocycles. The molecule has 7 heteroatoms. The van der Waals surface area contributed by atoms with Crippen molar-refractivity contribution in [2.75, 3.05) is 23.3 Å². The van der Waals surface area contributed by atoms with E-state index in [0.717, 1.165) is 17.8 Å². The number of nitrogens with one attached hydrogen (secondary N) is 2. The third-order valence-corrected chi connectivity index (χ3v) is 4.08. The number of aryl methyl sites for hydroxylation is 1. The van der Waals surface area contributed by atoms with Crippen LogP contribution in [-0.2, 0) is 9.59 Å². The van der Waals surface area contributed by atoms with Crippen LogP contribution in [-0.4, -0.2) is 35.8 Å². The molecule has 2 aromatic rings. The molecule has 1 fully saturated rings. The van der Waals surface area contributed by atoms with E-state index in [2.05, 4.69) is 15.6 Å². The lowest BCUT2D eigenvalue weighted by Crippen LogP contribution is -2.33. The maximum Gasteiger partial charge on any atom is 0.251 e. The van der Waals surface area contributed by atoms with Crippen molar-refractivity contribution in [3.05, 3.63) is 53.7 Å². The lowest BCUT2D eigenvalue weighted by molar-refractivity contribution is -0.117. The molecule has 2 N–H and O–H groups in total. The quantitative estimate of drug-likeness (QED) is 0.860. The van der Waals surface area contributed by atoms with Gasteiger partial charge in [-0.2, -0.15) is 0 Å². The number of benzene rings is 1. The van der Waals surface area contributed by atoms with Crippen LogP contribution in [0.4, 0.5) is 11.5 Å². The Balaban J connectivity index is 1.53. The molecule has 26 heavy (non-hydrogen) atoms. The number of carbonyl (C=O) groups is 3. The highest BCUT2D eigenvalue weighted by Gasteiger charge is 2.21. The predicted molar refractivity (Wildman–Crippen MR) is 98.0 cm³/mol. The first-order valence-corrected chi connectivity index (χ1v) is 8.45. The van der Waals surface area contributed by atoms with E-state index in [-0.39, 0.29) is 24.3 Å². The molecular weight excluding hydrogens is 332 g/mol. The minimum absolute atomic E-state index is 0.101. The molecule has 1 aromatic carbocycles. The standard InChI is InChI=1S/C19H20N4O3/c1-13-4-2-5-16(21-13)22-17(24)12-20-19(26)14-7-9-15(10-8-14)23-11-3-6-18(23)25/h2,4-5,7-10H,3,6,11-12H2,1H3,(H,20,26)(H,21,22,24). The molecule has 0 spiro atoms. The van der Waals surface area contributed by atoms with Gasteiger partial charge < -0.3 is 15.5 Å². The maximum atomic E-state index is 12.2. The molecule has 0 radical (unpaired) electrons. The summed E-state index contributed by atoms with van der Waals surface area (Å²) in [5, 5.41) is 5.20. The van der Waals surface area contributed by atoms with Gasteiger partial charge in [0.05, 0.1) is 6.54 Å². The molecular formula is C19H20N4O3. The molecule has 3 amide bonds. The van der Waals surface area contributed by atoms with Crippen LogP contribution in [0.25, 0.3) is 0 Å². The van der Waals surface area contributed by atoms with E-state index >= 15 is 0 Å². The van der Waals surface area contributed by atoms with Crippen LogP contribution in [0.3, 0.4) is 0 Å². The average molecular weight is 352 g/mol. The Bertz CT molecular complexity index is 833. The minimum atomic E-state index is -0.351. The number of rotatable bonds is 5. The van der Waals surface area contributed by atoms with Gasteiger partial charge in [-0.25, -0.2) is 4.98 Å². The van der Waals surface area contributed by atoms with Crippen LogP contribution >= 0.6 is 0 Å². The van der Waals surface area contributed by atoms with E-state index in [4.69, 9.17) is 0 Å². The van der Waals surface area contributed by atoms with E-state index in [1.165, 1.54) is 0 Å². The van der Waals surface area contributed by atoms with Gasteiger partial charge >= 0.3 is 0 Å². The number of hydrogen-bond donors (Lipinski definition) is 2. The minimum Gasteiger partial charge on any atom is -0.343 e. The van der Waals surface area contributed by atoms with Crippen LogP contribution in [0.15, 0.2) is 42.5 Å². The Labute approximate surface area is 151 Å². The highest BCUT2D eigenvalue weighted by Crippen LogP contribution is 2.21. The highest BCUT2D eigenvalue weighted by atomic mass is 16.2. The summed E-state index contributed by atoms with van der Waals surface area (Å²) in [5.74, 6) is -0.153. The van der Waals surface area contributed by atoms with Gasteiger partial charge in [0.15, 0.2) is 0 Å². The van der Waals surface area contributed by atoms with Gasteiger partial charge in [-0.05, 0) is 49.7 Å². The highest BCUT2D eigenvalue weighted by molar-refractivity contribution is 6.00. The predicted octanol–water partition coefficient (Wildman–Crippen LogP) is 1.89. The fraction of sp³-hybridized carbons (Fsp3) is 0.263. The fourth-order valence-electron chi connectivity index (χ4n) is 2.78. The van der Waals surface area contributed by atoms with Gasteiger partial charge in [0.1, 0.15) is 5.82 Å². The zero-order valence-electron chi connectivity index (χ0n) is 14.5. The fourth-order valence-corrected chi connectivity index (χ4v) is 2.78. The number of pyridine rings is 1. The van der Waals surface area contributed by atoms with Crippen molar-refractivity contribution in [1.29, 1.82) is 0 Å². The topological polar surface area (TPSA) is 91.4 Å². The zero-order chi connectivity index (χ0) is 18.5. The molecule has 7 nitrogen and oxygen atoms in total. The molecule has 134 valence electrons. The molecule has 1 saturated heterocycles. The van der Waals surface area contributed by atoms with Gasteiger partial charge in [-0.1, -0.05) is 6.07 Å². The zero-order valence-corrected chi connectivity index (χ0v) is 14.5. The Morgan fingerprint density at radius 2 is 1.92 bits per heavy atom. The summed E-state index contributed by atoms with van der Waals surface area (Å²) in [5.41, 5.74) is 2.01. The first-order valence-electron chi connectivity index (χ1n) is 8.45. The second kappa shape index (κ2) is 7.77. The number of aromatic nitrogens is 1. The molecule has 0 unspecified atom stereocenters. The average Bonchev–Trinajstić information content (AvgIpc) is 3.06. The van der Waals surface area contributed by atoms with Crippen molar-refractivity contribution in [1.82, 2.24) is 10.3 Å². The molecule has 3 rings (SSSR count). The molecule has 0 saturated carbocycles. The van der Waals surface area contributed by atoms with Gasteiger partial charge in [0.25, 0.3) is 5.91 Å². The largest absolute Gasteiger partial charge is 0.343 e. The van der Waals surface area contributed by atoms with Crippen molar-refractivity contribution in [2.24, 2.45) is 0 Å². The van der Waals surface area contributed by atoms with Crippen LogP contribution in [0.1, 0.15) is 28.9 Å². The van der Waals surface area contributed by atoms with Gasteiger partial charge in [-0.15, -0.1) is 0 Å². The van der Waals surface area contributed by atoms with E-state index in [1.54, 1.807) is 41.3 Å². The lowest BCUT2D eigenvalue weighted by atomic mass is 10.2. The van der Waals surface area contributed by atoms with Crippen LogP contribution < -0.4 is 15.5 Å². The molecule has 0 bridgehead atoms. The summed E-state index contributed by atoms with van der Waals surface area (Å²) >= 11 is 0. The number of carbonyl (C=O) groups excluding carboxylic acids is 3. The normalized spacial score (nSPS) is 13.6. The first-order chi connectivity index (χ1) is 12.5. The van der Waals surface area contributed by atoms with Crippen molar-refractivity contribution >= 4 is 29.2 Å². The summed E-state index contributed by atoms with van der Waals surface area (Å²) in [4.78, 5) is 41.7. The molecule has 1 aliphatic rings. The Morgan fingerprint density at radius 1 is 1.15 bits per heavy atom. The number of amides is 3. The molecule has 0 aliphatic carbocycles. The van der Waals surface area contributed by atoms with Gasteiger partial charge in [0, 0.05) is 29.9 Å². The van der Waals surface area contributed by atoms with E-state index in [9.17, 15) is 14.4 Å². The van der Waals surface area contributed by atoms with Crippen molar-refractivity contribution in [2.45, 2.75) is 19.8 Å². The second-order valence-corrected chi connectivity index (χ2v) is 6.09. The van der Waals surface area contributed by atoms with Gasteiger partial charge in [0.2, 0.25) is 11.8 Å². The van der Waals surface area contributed by atoms with Crippen molar-refractivity contribution in [3.8, 4) is 0 Å². The third-order valence-electron chi connectivity index (χ3n) is 4.08. The SMILES string of the molecule is Cc1cccc(NC(=O)CNC(=O)c2ccc(N3CCCC3=O)cc2)n1. The second-order valence-electron chi connectivity index (χ2n) is 6.09. The van der Waals surface area contributed by atoms with Crippen molar-refractivity contribution < 1.29 is 14.4 Å². The summed E-state index contributed by atoms with van der Waals surface area (Å²) in [6.07, 6.45) is 1.42. The van der Waals surface area contributed by atoms with Crippen molar-refractivity contribution in [3.63, 3.8) is 0 Å². The third kappa shape index (κ3) is 4.24. The summed E-state index contributed by atoms with van der Waals surface area (Å²) in [6.45, 7) is 2.38. The Morgan fingerprint density at radius 3 is 2.58 bits per heavy atom. The number of anilines is 2. The maximum absolute atomic E-state index is 12.2. The monoisotopic (exact) mass is 352 g/mol. The summed E-state index contributed by atoms with van der Waals surface area (Å²) in [7, 11) is 0. The number of nitrogens with zero attached hydrogens (tertiary/aromatic N) is 2. The van der Waals surface area contributed by atoms with Crippen LogP contribution in [0, 0.1) is 6.92 Å². The molecule has 0 atom stereocenters. The van der Waals surface area contributed by atoms with Crippen LogP contribution in [0.5, 0.6) is 0 Å². The smallest absolute Gasteiger partial charge is 0.251 e. The van der Waals surface area contributed by atoms with E-state index in [0.29, 0.717) is 24.3 Å². The van der Waals surface area contributed by atoms with Crippen LogP contribution in [0.2, 0.25) is 0 Å². The molecule has 1 aliphatic heterocycles. The summed E-state index contributed by atoms with van der Waals surface area (Å²) in [6, 6.07) is 12.1. The van der Waals surface area contributed by atoms with E-state index < -0.39 is 0 Å². The van der Waals surface area contributed by atoms with Gasteiger partial charge in [-0.3, -0.25) is 14.4 Å². The Kier molecular flexibility index (Phi) is 5.26. The first kappa shape index (κ1) is 17.6. The number of hydrogen-bond acceptors (Lipinski definition) is 4.